The van der Waals surface area contributed by atoms with Crippen LogP contribution in [0.2, 0.25) is 0 Å². The largest absolute Gasteiger partial charge is 0.354 e. The molecule has 11 aromatic carbocycles. The fourth-order valence-corrected chi connectivity index (χ4v) is 9.52. The van der Waals surface area contributed by atoms with Gasteiger partial charge < -0.3 is 4.98 Å². The number of aromatic nitrogens is 1. The molecule has 0 bridgehead atoms. The highest BCUT2D eigenvalue weighted by Crippen LogP contribution is 2.48. The van der Waals surface area contributed by atoms with E-state index in [2.05, 4.69) is 187 Å². The van der Waals surface area contributed by atoms with Crippen LogP contribution in [0.1, 0.15) is 0 Å². The van der Waals surface area contributed by atoms with Crippen molar-refractivity contribution in [2.75, 3.05) is 0 Å². The van der Waals surface area contributed by atoms with Gasteiger partial charge in [-0.1, -0.05) is 164 Å². The normalized spacial score (nSPS) is 12.2. The Morgan fingerprint density at radius 3 is 1.45 bits per heavy atom. The lowest BCUT2D eigenvalue weighted by atomic mass is 9.83. The highest BCUT2D eigenvalue weighted by molar-refractivity contribution is 6.32. The molecule has 12 rings (SSSR count). The minimum absolute atomic E-state index is 1.16. The number of aromatic amines is 1. The van der Waals surface area contributed by atoms with E-state index in [4.69, 9.17) is 0 Å². The van der Waals surface area contributed by atoms with Gasteiger partial charge in [0.15, 0.2) is 0 Å². The SMILES string of the molecule is c1ccc2c(c1)ccc1cc(-c3c4ccccc4c(-c4ccc5[nH]c6c7ccccc7c7ccccc7c6c5c4)c4ccccc34)c3ccccc3c12. The quantitative estimate of drug-likeness (QED) is 0.139. The maximum Gasteiger partial charge on any atom is 0.0551 e. The molecule has 1 aromatic heterocycles. The lowest BCUT2D eigenvalue weighted by Crippen LogP contribution is -1.92. The zero-order valence-corrected chi connectivity index (χ0v) is 28.8. The molecule has 1 nitrogen and oxygen atoms in total. The van der Waals surface area contributed by atoms with Crippen molar-refractivity contribution in [3.8, 4) is 22.3 Å². The van der Waals surface area contributed by atoms with Crippen LogP contribution < -0.4 is 0 Å². The van der Waals surface area contributed by atoms with Crippen LogP contribution in [0.25, 0.3) is 119 Å². The molecule has 0 atom stereocenters. The van der Waals surface area contributed by atoms with Crippen molar-refractivity contribution in [1.29, 1.82) is 0 Å². The number of H-pyrrole nitrogens is 1. The highest BCUT2D eigenvalue weighted by Gasteiger charge is 2.21. The maximum absolute atomic E-state index is 3.84. The summed E-state index contributed by atoms with van der Waals surface area (Å²) in [6.45, 7) is 0. The second-order valence-corrected chi connectivity index (χ2v) is 14.4. The lowest BCUT2D eigenvalue weighted by Gasteiger charge is -2.20. The molecule has 53 heavy (non-hydrogen) atoms. The Hall–Kier alpha value is -6.96. The van der Waals surface area contributed by atoms with Gasteiger partial charge in [-0.2, -0.15) is 0 Å². The number of rotatable bonds is 2. The van der Waals surface area contributed by atoms with E-state index < -0.39 is 0 Å². The first-order valence-electron chi connectivity index (χ1n) is 18.4. The van der Waals surface area contributed by atoms with Crippen LogP contribution in [-0.4, -0.2) is 4.98 Å². The van der Waals surface area contributed by atoms with Crippen LogP contribution in [0, 0.1) is 0 Å². The summed E-state index contributed by atoms with van der Waals surface area (Å²) in [4.78, 5) is 3.84. The molecule has 0 radical (unpaired) electrons. The first-order valence-corrected chi connectivity index (χ1v) is 18.4. The second-order valence-electron chi connectivity index (χ2n) is 14.4. The minimum Gasteiger partial charge on any atom is -0.354 e. The van der Waals surface area contributed by atoms with Crippen LogP contribution in [0.3, 0.4) is 0 Å². The summed E-state index contributed by atoms with van der Waals surface area (Å²) >= 11 is 0. The Morgan fingerprint density at radius 1 is 0.283 bits per heavy atom. The van der Waals surface area contributed by atoms with Crippen LogP contribution in [0.5, 0.6) is 0 Å². The van der Waals surface area contributed by atoms with E-state index in [-0.39, 0.29) is 0 Å². The number of hydrogen-bond acceptors (Lipinski definition) is 0. The molecule has 0 saturated carbocycles. The van der Waals surface area contributed by atoms with Gasteiger partial charge in [-0.15, -0.1) is 0 Å². The molecule has 0 aliphatic carbocycles. The Bertz CT molecular complexity index is 3450. The average Bonchev–Trinajstić information content (AvgIpc) is 3.62. The first-order chi connectivity index (χ1) is 26.3. The Morgan fingerprint density at radius 2 is 0.774 bits per heavy atom. The lowest BCUT2D eigenvalue weighted by molar-refractivity contribution is 1.56. The van der Waals surface area contributed by atoms with Gasteiger partial charge in [0.1, 0.15) is 0 Å². The molecular formula is C52H31N. The molecule has 12 aromatic rings. The van der Waals surface area contributed by atoms with Crippen LogP contribution >= 0.6 is 0 Å². The van der Waals surface area contributed by atoms with Gasteiger partial charge in [-0.3, -0.25) is 0 Å². The molecule has 0 aliphatic rings. The van der Waals surface area contributed by atoms with E-state index in [0.29, 0.717) is 0 Å². The molecule has 0 aliphatic heterocycles. The van der Waals surface area contributed by atoms with E-state index >= 15 is 0 Å². The van der Waals surface area contributed by atoms with Crippen molar-refractivity contribution in [3.05, 3.63) is 182 Å². The van der Waals surface area contributed by atoms with Gasteiger partial charge in [-0.05, 0) is 110 Å². The van der Waals surface area contributed by atoms with Gasteiger partial charge >= 0.3 is 0 Å². The summed E-state index contributed by atoms with van der Waals surface area (Å²) < 4.78 is 0. The molecule has 244 valence electrons. The van der Waals surface area contributed by atoms with Crippen molar-refractivity contribution in [3.63, 3.8) is 0 Å². The Balaban J connectivity index is 1.19. The van der Waals surface area contributed by atoms with Crippen LogP contribution in [-0.2, 0) is 0 Å². The minimum atomic E-state index is 1.16. The Labute approximate surface area is 305 Å². The predicted octanol–water partition coefficient (Wildman–Crippen LogP) is 14.7. The number of nitrogens with one attached hydrogen (secondary N) is 1. The van der Waals surface area contributed by atoms with Gasteiger partial charge in [0.05, 0.1) is 5.52 Å². The number of fused-ring (bicyclic) bond motifs is 15. The van der Waals surface area contributed by atoms with Crippen molar-refractivity contribution < 1.29 is 0 Å². The van der Waals surface area contributed by atoms with Gasteiger partial charge in [0, 0.05) is 21.7 Å². The molecule has 0 amide bonds. The van der Waals surface area contributed by atoms with Crippen LogP contribution in [0.4, 0.5) is 0 Å². The third kappa shape index (κ3) is 3.97. The summed E-state index contributed by atoms with van der Waals surface area (Å²) in [5.41, 5.74) is 7.42. The van der Waals surface area contributed by atoms with Crippen molar-refractivity contribution in [1.82, 2.24) is 4.98 Å². The molecule has 1 heterocycles. The van der Waals surface area contributed by atoms with E-state index in [9.17, 15) is 0 Å². The van der Waals surface area contributed by atoms with Crippen molar-refractivity contribution in [2.45, 2.75) is 0 Å². The summed E-state index contributed by atoms with van der Waals surface area (Å²) in [7, 11) is 0. The third-order valence-electron chi connectivity index (χ3n) is 11.7. The van der Waals surface area contributed by atoms with E-state index in [1.165, 1.54) is 114 Å². The average molecular weight is 670 g/mol. The summed E-state index contributed by atoms with van der Waals surface area (Å²) in [6, 6.07) is 67.5. The first kappa shape index (κ1) is 28.7. The van der Waals surface area contributed by atoms with Gasteiger partial charge in [-0.25, -0.2) is 0 Å². The topological polar surface area (TPSA) is 15.8 Å². The van der Waals surface area contributed by atoms with Gasteiger partial charge in [0.2, 0.25) is 0 Å². The standard InChI is InChI=1S/C52H31N/c1-2-14-34-31(13-1)25-26-32-29-45(37-17-4-6-18-38(37)48(32)34)50-42-22-10-8-20-40(42)49(41-21-9-11-23-43(41)50)33-27-28-47-46(30-33)51-39-19-7-3-15-35(39)36-16-5-12-24-44(36)52(51)53-47/h1-30,53H. The Kier molecular flexibility index (Phi) is 5.84. The van der Waals surface area contributed by atoms with Crippen LogP contribution in [0.15, 0.2) is 182 Å². The monoisotopic (exact) mass is 669 g/mol. The van der Waals surface area contributed by atoms with Crippen molar-refractivity contribution in [2.24, 2.45) is 0 Å². The predicted molar refractivity (Wildman–Crippen MR) is 229 cm³/mol. The number of hydrogen-bond donors (Lipinski definition) is 1. The number of benzene rings is 11. The highest BCUT2D eigenvalue weighted by atomic mass is 14.7. The fourth-order valence-electron chi connectivity index (χ4n) is 9.52. The summed E-state index contributed by atoms with van der Waals surface area (Å²) in [6.07, 6.45) is 0. The maximum atomic E-state index is 3.84. The zero-order chi connectivity index (χ0) is 34.6. The molecule has 1 N–H and O–H groups in total. The summed E-state index contributed by atoms with van der Waals surface area (Å²) in [5.74, 6) is 0. The second kappa shape index (κ2) is 10.8. The van der Waals surface area contributed by atoms with Gasteiger partial charge in [0.25, 0.3) is 0 Å². The third-order valence-corrected chi connectivity index (χ3v) is 11.7. The summed E-state index contributed by atoms with van der Waals surface area (Å²) in [5, 5.41) is 20.4. The molecule has 0 unspecified atom stereocenters. The molecule has 0 saturated heterocycles. The van der Waals surface area contributed by atoms with E-state index in [1.807, 2.05) is 0 Å². The molecule has 1 heteroatoms. The molecule has 0 fully saturated rings. The fraction of sp³-hybridized carbons (Fsp3) is 0. The van der Waals surface area contributed by atoms with E-state index in [0.717, 1.165) is 5.52 Å². The molecular weight excluding hydrogens is 639 g/mol. The molecule has 0 spiro atoms. The van der Waals surface area contributed by atoms with E-state index in [1.54, 1.807) is 0 Å². The smallest absolute Gasteiger partial charge is 0.0551 e. The van der Waals surface area contributed by atoms with Crippen molar-refractivity contribution >= 4 is 97.2 Å². The zero-order valence-electron chi connectivity index (χ0n) is 28.8.